The molecule has 2 aromatic carbocycles. The number of halogens is 1. The summed E-state index contributed by atoms with van der Waals surface area (Å²) in [7, 11) is 0. The Morgan fingerprint density at radius 1 is 1.11 bits per heavy atom. The molecule has 1 aliphatic rings. The molecule has 1 saturated heterocycles. The molecule has 0 atom stereocenters. The Bertz CT molecular complexity index is 956. The van der Waals surface area contributed by atoms with E-state index in [1.807, 2.05) is 36.4 Å². The molecule has 2 heterocycles. The predicted molar refractivity (Wildman–Crippen MR) is 111 cm³/mol. The standard InChI is InChI=1S/C22H25FN4O/c23-20-14-16(7-9-27-10-12-28-13-11-27)4-5-17(20)15-26-21-3-1-2-19-18(21)6-8-25-22(19)24/h1-6,8,14,26H,7,9-13,15H2,(H2,24,25). The number of anilines is 2. The molecule has 0 unspecified atom stereocenters. The lowest BCUT2D eigenvalue weighted by molar-refractivity contribution is 0.0384. The van der Waals surface area contributed by atoms with Gasteiger partial charge in [0.05, 0.1) is 13.2 Å². The first-order valence-electron chi connectivity index (χ1n) is 9.65. The van der Waals surface area contributed by atoms with Crippen LogP contribution in [0.3, 0.4) is 0 Å². The van der Waals surface area contributed by atoms with E-state index in [4.69, 9.17) is 10.5 Å². The third-order valence-corrected chi connectivity index (χ3v) is 5.24. The van der Waals surface area contributed by atoms with Crippen LogP contribution in [0.2, 0.25) is 0 Å². The molecule has 4 rings (SSSR count). The summed E-state index contributed by atoms with van der Waals surface area (Å²) in [6, 6.07) is 13.3. The number of pyridine rings is 1. The number of nitrogens with zero attached hydrogens (tertiary/aromatic N) is 2. The molecule has 1 aliphatic heterocycles. The normalized spacial score (nSPS) is 15.0. The van der Waals surface area contributed by atoms with Gasteiger partial charge in [0.25, 0.3) is 0 Å². The van der Waals surface area contributed by atoms with E-state index in [0.29, 0.717) is 17.9 Å². The van der Waals surface area contributed by atoms with Crippen molar-refractivity contribution in [3.63, 3.8) is 0 Å². The zero-order valence-electron chi connectivity index (χ0n) is 15.8. The molecule has 1 fully saturated rings. The summed E-state index contributed by atoms with van der Waals surface area (Å²) in [5.74, 6) is 0.324. The summed E-state index contributed by atoms with van der Waals surface area (Å²) >= 11 is 0. The molecular weight excluding hydrogens is 355 g/mol. The van der Waals surface area contributed by atoms with Crippen molar-refractivity contribution in [1.82, 2.24) is 9.88 Å². The third-order valence-electron chi connectivity index (χ3n) is 5.24. The number of nitrogens with one attached hydrogen (secondary N) is 1. The number of ether oxygens (including phenoxy) is 1. The van der Waals surface area contributed by atoms with Crippen LogP contribution in [-0.4, -0.2) is 42.7 Å². The van der Waals surface area contributed by atoms with Crippen LogP contribution in [0.5, 0.6) is 0 Å². The second kappa shape index (κ2) is 8.54. The number of hydrogen-bond donors (Lipinski definition) is 2. The Labute approximate surface area is 164 Å². The van der Waals surface area contributed by atoms with Gasteiger partial charge in [-0.25, -0.2) is 9.37 Å². The Hall–Kier alpha value is -2.70. The molecule has 0 amide bonds. The Morgan fingerprint density at radius 3 is 2.79 bits per heavy atom. The molecule has 5 nitrogen and oxygen atoms in total. The minimum atomic E-state index is -0.173. The van der Waals surface area contributed by atoms with E-state index in [9.17, 15) is 4.39 Å². The van der Waals surface area contributed by atoms with Crippen LogP contribution >= 0.6 is 0 Å². The van der Waals surface area contributed by atoms with Gasteiger partial charge in [-0.1, -0.05) is 24.3 Å². The van der Waals surface area contributed by atoms with Crippen molar-refractivity contribution in [2.24, 2.45) is 0 Å². The maximum Gasteiger partial charge on any atom is 0.131 e. The highest BCUT2D eigenvalue weighted by atomic mass is 19.1. The first-order chi connectivity index (χ1) is 13.7. The van der Waals surface area contributed by atoms with Gasteiger partial charge in [0.2, 0.25) is 0 Å². The lowest BCUT2D eigenvalue weighted by Crippen LogP contribution is -2.37. The van der Waals surface area contributed by atoms with Crippen molar-refractivity contribution < 1.29 is 9.13 Å². The highest BCUT2D eigenvalue weighted by molar-refractivity contribution is 5.99. The molecule has 0 saturated carbocycles. The molecule has 0 spiro atoms. The van der Waals surface area contributed by atoms with Gasteiger partial charge in [0.15, 0.2) is 0 Å². The molecule has 1 aromatic heterocycles. The second-order valence-corrected chi connectivity index (χ2v) is 7.08. The summed E-state index contributed by atoms with van der Waals surface area (Å²) in [6.45, 7) is 4.83. The average molecular weight is 380 g/mol. The fourth-order valence-electron chi connectivity index (χ4n) is 3.58. The minimum absolute atomic E-state index is 0.173. The average Bonchev–Trinajstić information content (AvgIpc) is 2.73. The lowest BCUT2D eigenvalue weighted by Gasteiger charge is -2.26. The first-order valence-corrected chi connectivity index (χ1v) is 9.65. The number of morpholine rings is 1. The SMILES string of the molecule is Nc1nccc2c(NCc3ccc(CCN4CCOCC4)cc3F)cccc12. The van der Waals surface area contributed by atoms with Crippen LogP contribution in [0.15, 0.2) is 48.7 Å². The molecule has 0 aliphatic carbocycles. The van der Waals surface area contributed by atoms with Gasteiger partial charge in [0.1, 0.15) is 11.6 Å². The quantitative estimate of drug-likeness (QED) is 0.686. The van der Waals surface area contributed by atoms with E-state index in [2.05, 4.69) is 15.2 Å². The zero-order chi connectivity index (χ0) is 19.3. The Morgan fingerprint density at radius 2 is 1.96 bits per heavy atom. The van der Waals surface area contributed by atoms with Crippen molar-refractivity contribution in [1.29, 1.82) is 0 Å². The fourth-order valence-corrected chi connectivity index (χ4v) is 3.58. The van der Waals surface area contributed by atoms with E-state index < -0.39 is 0 Å². The maximum atomic E-state index is 14.6. The number of nitrogens with two attached hydrogens (primary N) is 1. The number of aromatic nitrogens is 1. The predicted octanol–water partition coefficient (Wildman–Crippen LogP) is 3.44. The summed E-state index contributed by atoms with van der Waals surface area (Å²) < 4.78 is 20.0. The van der Waals surface area contributed by atoms with E-state index in [1.54, 1.807) is 12.3 Å². The highest BCUT2D eigenvalue weighted by Gasteiger charge is 2.11. The highest BCUT2D eigenvalue weighted by Crippen LogP contribution is 2.26. The summed E-state index contributed by atoms with van der Waals surface area (Å²) in [4.78, 5) is 6.48. The number of benzene rings is 2. The van der Waals surface area contributed by atoms with Crippen LogP contribution < -0.4 is 11.1 Å². The van der Waals surface area contributed by atoms with Crippen LogP contribution in [0, 0.1) is 5.82 Å². The molecule has 6 heteroatoms. The van der Waals surface area contributed by atoms with Crippen molar-refractivity contribution in [3.8, 4) is 0 Å². The van der Waals surface area contributed by atoms with Gasteiger partial charge in [-0.3, -0.25) is 4.90 Å². The molecule has 28 heavy (non-hydrogen) atoms. The molecule has 3 aromatic rings. The first kappa shape index (κ1) is 18.7. The number of hydrogen-bond acceptors (Lipinski definition) is 5. The number of fused-ring (bicyclic) bond motifs is 1. The Kier molecular flexibility index (Phi) is 5.69. The number of nitrogen functional groups attached to an aromatic ring is 1. The van der Waals surface area contributed by atoms with Crippen LogP contribution in [0.25, 0.3) is 10.8 Å². The van der Waals surface area contributed by atoms with E-state index in [0.717, 1.165) is 61.3 Å². The van der Waals surface area contributed by atoms with Crippen molar-refractivity contribution in [3.05, 3.63) is 65.6 Å². The van der Waals surface area contributed by atoms with E-state index in [-0.39, 0.29) is 5.82 Å². The van der Waals surface area contributed by atoms with Gasteiger partial charge < -0.3 is 15.8 Å². The molecule has 3 N–H and O–H groups in total. The molecular formula is C22H25FN4O. The van der Waals surface area contributed by atoms with Gasteiger partial charge >= 0.3 is 0 Å². The summed E-state index contributed by atoms with van der Waals surface area (Å²) in [5.41, 5.74) is 8.54. The van der Waals surface area contributed by atoms with Gasteiger partial charge in [-0.05, 0) is 30.2 Å². The van der Waals surface area contributed by atoms with E-state index >= 15 is 0 Å². The van der Waals surface area contributed by atoms with Gasteiger partial charge in [-0.2, -0.15) is 0 Å². The van der Waals surface area contributed by atoms with Crippen molar-refractivity contribution in [2.45, 2.75) is 13.0 Å². The summed E-state index contributed by atoms with van der Waals surface area (Å²) in [5, 5.41) is 5.21. The molecule has 0 radical (unpaired) electrons. The van der Waals surface area contributed by atoms with Gasteiger partial charge in [-0.15, -0.1) is 0 Å². The topological polar surface area (TPSA) is 63.4 Å². The van der Waals surface area contributed by atoms with Crippen LogP contribution in [0.4, 0.5) is 15.9 Å². The summed E-state index contributed by atoms with van der Waals surface area (Å²) in [6.07, 6.45) is 2.53. The minimum Gasteiger partial charge on any atom is -0.383 e. The Balaban J connectivity index is 1.41. The molecule has 146 valence electrons. The van der Waals surface area contributed by atoms with Crippen molar-refractivity contribution >= 4 is 22.3 Å². The van der Waals surface area contributed by atoms with Crippen molar-refractivity contribution in [2.75, 3.05) is 43.9 Å². The number of rotatable bonds is 6. The van der Waals surface area contributed by atoms with Crippen LogP contribution in [0.1, 0.15) is 11.1 Å². The maximum absolute atomic E-state index is 14.6. The lowest BCUT2D eigenvalue weighted by atomic mass is 10.1. The van der Waals surface area contributed by atoms with Gasteiger partial charge in [0, 0.05) is 54.4 Å². The molecule has 0 bridgehead atoms. The largest absolute Gasteiger partial charge is 0.383 e. The van der Waals surface area contributed by atoms with E-state index in [1.165, 1.54) is 0 Å². The third kappa shape index (κ3) is 4.24. The monoisotopic (exact) mass is 380 g/mol. The zero-order valence-corrected chi connectivity index (χ0v) is 15.8. The van der Waals surface area contributed by atoms with Crippen LogP contribution in [-0.2, 0) is 17.7 Å². The second-order valence-electron chi connectivity index (χ2n) is 7.08. The fraction of sp³-hybridized carbons (Fsp3) is 0.318. The smallest absolute Gasteiger partial charge is 0.131 e.